The van der Waals surface area contributed by atoms with E-state index in [1.54, 1.807) is 45.9 Å². The minimum absolute atomic E-state index is 0.0374. The maximum absolute atomic E-state index is 15.0. The first-order valence-electron chi connectivity index (χ1n) is 18.3. The molecule has 3 aliphatic rings. The van der Waals surface area contributed by atoms with E-state index in [2.05, 4.69) is 11.6 Å². The highest BCUT2D eigenvalue weighted by molar-refractivity contribution is 5.93. The molecule has 3 fully saturated rings. The number of ether oxygens (including phenoxy) is 7. The number of carbonyl (C=O) groups is 7. The van der Waals surface area contributed by atoms with Gasteiger partial charge in [-0.15, -0.1) is 0 Å². The minimum atomic E-state index is -2.10. The molecule has 56 heavy (non-hydrogen) atoms. The Kier molecular flexibility index (Phi) is 12.2. The van der Waals surface area contributed by atoms with Crippen LogP contribution >= 0.6 is 0 Å². The molecule has 2 saturated carbocycles. The maximum atomic E-state index is 15.0. The average Bonchev–Trinajstić information content (AvgIpc) is 3.91. The minimum Gasteiger partial charge on any atom is -0.462 e. The number of Topliss-reactive ketones (excluding diaryl/α,β-unsaturated/α-hetero) is 1. The van der Waals surface area contributed by atoms with Gasteiger partial charge in [0.25, 0.3) is 0 Å². The number of hydrogen-bond acceptors (Lipinski definition) is 15. The molecule has 0 bridgehead atoms. The molecule has 0 N–H and O–H groups in total. The lowest BCUT2D eigenvalue weighted by Crippen LogP contribution is -2.60. The van der Waals surface area contributed by atoms with Crippen LogP contribution in [0.3, 0.4) is 0 Å². The third-order valence-electron chi connectivity index (χ3n) is 10.6. The van der Waals surface area contributed by atoms with E-state index in [1.165, 1.54) is 36.7 Å². The first-order chi connectivity index (χ1) is 26.3. The molecular weight excluding hydrogens is 730 g/mol. The Balaban J connectivity index is 1.82. The van der Waals surface area contributed by atoms with Crippen LogP contribution in [0.2, 0.25) is 0 Å². The van der Waals surface area contributed by atoms with Crippen LogP contribution in [0.5, 0.6) is 0 Å². The number of nitrogens with zero attached hydrogens (tertiary/aromatic N) is 1. The lowest BCUT2D eigenvalue weighted by Gasteiger charge is -2.45. The molecule has 5 rings (SSSR count). The maximum Gasteiger partial charge on any atom is 0.340 e. The normalized spacial score (nSPS) is 32.1. The average molecular weight is 778 g/mol. The Morgan fingerprint density at radius 2 is 1.34 bits per heavy atom. The van der Waals surface area contributed by atoms with Crippen molar-refractivity contribution in [3.05, 3.63) is 78.1 Å². The standard InChI is InChI=1S/C41H47NO14/c1-20-18-41(56-26(7)46)29(30(20)50-23(4)43)31(51-24(5)44)21(2)32(52-25(6)45)34(54-38(48)27-14-11-10-12-15-27)37(55-39(49)28-16-13-17-42-19-28)40(8,9)36-33(53-36)22(3)35(41)47/h10-17,19-20,22,29-34,36-37H,2,18H2,1,3-9H3/t20-,22+,29+,30-,31-,32+,33+,34+,36-,37-,41+/m0/s1. The zero-order valence-corrected chi connectivity index (χ0v) is 32.5. The van der Waals surface area contributed by atoms with Crippen molar-refractivity contribution in [1.82, 2.24) is 4.98 Å². The fourth-order valence-electron chi connectivity index (χ4n) is 8.24. The van der Waals surface area contributed by atoms with Crippen LogP contribution in [0.15, 0.2) is 67.0 Å². The number of ketones is 1. The van der Waals surface area contributed by atoms with Gasteiger partial charge in [-0.1, -0.05) is 52.5 Å². The third-order valence-corrected chi connectivity index (χ3v) is 10.6. The molecule has 15 heteroatoms. The van der Waals surface area contributed by atoms with Gasteiger partial charge in [0.15, 0.2) is 29.7 Å². The molecule has 1 saturated heterocycles. The number of carbonyl (C=O) groups excluding carboxylic acids is 7. The molecule has 2 aromatic rings. The number of benzene rings is 1. The molecule has 0 amide bonds. The van der Waals surface area contributed by atoms with Crippen molar-refractivity contribution in [2.45, 2.75) is 110 Å². The fourth-order valence-corrected chi connectivity index (χ4v) is 8.24. The van der Waals surface area contributed by atoms with Crippen LogP contribution in [0.25, 0.3) is 0 Å². The number of fused-ring (bicyclic) bond motifs is 2. The highest BCUT2D eigenvalue weighted by atomic mass is 16.6. The van der Waals surface area contributed by atoms with Crippen molar-refractivity contribution in [3.63, 3.8) is 0 Å². The summed E-state index contributed by atoms with van der Waals surface area (Å²) < 4.78 is 42.4. The van der Waals surface area contributed by atoms with Crippen LogP contribution in [-0.4, -0.2) is 94.9 Å². The van der Waals surface area contributed by atoms with Gasteiger partial charge in [0.1, 0.15) is 12.2 Å². The van der Waals surface area contributed by atoms with E-state index in [0.717, 1.165) is 27.7 Å². The molecule has 1 aromatic heterocycles. The molecule has 1 aliphatic heterocycles. The van der Waals surface area contributed by atoms with Crippen molar-refractivity contribution >= 4 is 41.6 Å². The van der Waals surface area contributed by atoms with Crippen LogP contribution in [0.4, 0.5) is 0 Å². The van der Waals surface area contributed by atoms with Crippen LogP contribution in [0, 0.1) is 23.2 Å². The molecule has 11 atom stereocenters. The molecule has 2 heterocycles. The second kappa shape index (κ2) is 16.3. The third kappa shape index (κ3) is 8.37. The summed E-state index contributed by atoms with van der Waals surface area (Å²) in [6, 6.07) is 10.9. The number of rotatable bonds is 8. The van der Waals surface area contributed by atoms with Gasteiger partial charge in [-0.05, 0) is 30.2 Å². The fraction of sp³-hybridized carbons (Fsp3) is 0.512. The molecule has 2 aliphatic carbocycles. The molecule has 0 spiro atoms. The van der Waals surface area contributed by atoms with E-state index in [1.807, 2.05) is 0 Å². The number of esters is 6. The Morgan fingerprint density at radius 3 is 1.91 bits per heavy atom. The van der Waals surface area contributed by atoms with Gasteiger partial charge < -0.3 is 33.2 Å². The van der Waals surface area contributed by atoms with Crippen molar-refractivity contribution < 1.29 is 66.7 Å². The molecule has 0 radical (unpaired) electrons. The summed E-state index contributed by atoms with van der Waals surface area (Å²) >= 11 is 0. The van der Waals surface area contributed by atoms with E-state index in [0.29, 0.717) is 0 Å². The molecule has 300 valence electrons. The van der Waals surface area contributed by atoms with E-state index in [4.69, 9.17) is 33.2 Å². The van der Waals surface area contributed by atoms with Gasteiger partial charge in [0.05, 0.1) is 29.3 Å². The summed E-state index contributed by atoms with van der Waals surface area (Å²) in [5.74, 6) is -8.98. The zero-order valence-electron chi connectivity index (χ0n) is 32.5. The lowest BCUT2D eigenvalue weighted by atomic mass is 9.69. The topological polar surface area (TPSA) is 200 Å². The summed E-state index contributed by atoms with van der Waals surface area (Å²) in [6.07, 6.45) is -7.17. The SMILES string of the molecule is C=C1[C@@H](OC(C)=O)[C@@H](OC(=O)c2ccccc2)[C@H](OC(=O)c2cccnc2)C(C)(C)[C@H]2O[C@@H]2[C@@H](C)C(=O)[C@@]2(OC(C)=O)C[C@H](C)[C@H](OC(C)=O)[C@@H]2[C@H]1OC(C)=O. The number of pyridine rings is 1. The summed E-state index contributed by atoms with van der Waals surface area (Å²) in [7, 11) is 0. The first-order valence-corrected chi connectivity index (χ1v) is 18.3. The predicted octanol–water partition coefficient (Wildman–Crippen LogP) is 4.15. The van der Waals surface area contributed by atoms with Gasteiger partial charge in [-0.25, -0.2) is 9.59 Å². The second-order valence-electron chi connectivity index (χ2n) is 15.2. The molecule has 0 unspecified atom stereocenters. The van der Waals surface area contributed by atoms with Gasteiger partial charge in [0.2, 0.25) is 0 Å². The Morgan fingerprint density at radius 1 is 0.750 bits per heavy atom. The summed E-state index contributed by atoms with van der Waals surface area (Å²) in [6.45, 7) is 15.2. The van der Waals surface area contributed by atoms with E-state index in [9.17, 15) is 28.8 Å². The van der Waals surface area contributed by atoms with Crippen molar-refractivity contribution in [2.75, 3.05) is 0 Å². The molecule has 15 nitrogen and oxygen atoms in total. The number of epoxide rings is 1. The molecular formula is C41H47NO14. The van der Waals surface area contributed by atoms with E-state index >= 15 is 4.79 Å². The van der Waals surface area contributed by atoms with E-state index in [-0.39, 0.29) is 23.1 Å². The zero-order chi connectivity index (χ0) is 41.3. The summed E-state index contributed by atoms with van der Waals surface area (Å²) in [4.78, 5) is 98.8. The quantitative estimate of drug-likeness (QED) is 0.160. The lowest BCUT2D eigenvalue weighted by molar-refractivity contribution is -0.188. The summed E-state index contributed by atoms with van der Waals surface area (Å²) in [5, 5.41) is 0. The van der Waals surface area contributed by atoms with E-state index < -0.39 is 113 Å². The summed E-state index contributed by atoms with van der Waals surface area (Å²) in [5.41, 5.74) is -3.58. The van der Waals surface area contributed by atoms with Crippen molar-refractivity contribution in [3.8, 4) is 0 Å². The van der Waals surface area contributed by atoms with Gasteiger partial charge in [-0.2, -0.15) is 0 Å². The van der Waals surface area contributed by atoms with Gasteiger partial charge in [0, 0.05) is 63.4 Å². The number of aromatic nitrogens is 1. The van der Waals surface area contributed by atoms with Gasteiger partial charge >= 0.3 is 35.8 Å². The highest BCUT2D eigenvalue weighted by Crippen LogP contribution is 2.54. The molecule has 1 aromatic carbocycles. The number of hydrogen-bond donors (Lipinski definition) is 0. The smallest absolute Gasteiger partial charge is 0.340 e. The van der Waals surface area contributed by atoms with Crippen LogP contribution in [-0.2, 0) is 57.1 Å². The van der Waals surface area contributed by atoms with Crippen LogP contribution in [0.1, 0.15) is 82.5 Å². The second-order valence-corrected chi connectivity index (χ2v) is 15.2. The monoisotopic (exact) mass is 777 g/mol. The van der Waals surface area contributed by atoms with Crippen molar-refractivity contribution in [1.29, 1.82) is 0 Å². The predicted molar refractivity (Wildman–Crippen MR) is 193 cm³/mol. The largest absolute Gasteiger partial charge is 0.462 e. The Bertz CT molecular complexity index is 1880. The Hall–Kier alpha value is -5.44. The Labute approximate surface area is 324 Å². The highest BCUT2D eigenvalue weighted by Gasteiger charge is 2.69. The van der Waals surface area contributed by atoms with Crippen molar-refractivity contribution in [2.24, 2.45) is 23.2 Å². The van der Waals surface area contributed by atoms with Gasteiger partial charge in [-0.3, -0.25) is 29.0 Å². The van der Waals surface area contributed by atoms with Crippen LogP contribution < -0.4 is 0 Å². The first kappa shape index (κ1) is 41.7.